The van der Waals surface area contributed by atoms with Crippen LogP contribution in [0.3, 0.4) is 0 Å². The average Bonchev–Trinajstić information content (AvgIpc) is 3.36. The van der Waals surface area contributed by atoms with Crippen molar-refractivity contribution in [3.63, 3.8) is 0 Å². The number of rotatable bonds is 9. The SMILES string of the molecule is CC(C)CCN(CC1(CNC2CC2)CCCCC1)C1CC1. The Labute approximate surface area is 132 Å². The van der Waals surface area contributed by atoms with Crippen LogP contribution in [0.15, 0.2) is 0 Å². The molecule has 122 valence electrons. The van der Waals surface area contributed by atoms with Gasteiger partial charge in [0.1, 0.15) is 0 Å². The molecular formula is C19H36N2. The van der Waals surface area contributed by atoms with Gasteiger partial charge in [0, 0.05) is 25.2 Å². The molecule has 1 N–H and O–H groups in total. The molecule has 0 amide bonds. The standard InChI is InChI=1S/C19H36N2/c1-16(2)10-13-21(18-8-9-18)15-19(11-4-3-5-12-19)14-20-17-6-7-17/h16-18,20H,3-15H2,1-2H3. The van der Waals surface area contributed by atoms with Gasteiger partial charge in [-0.1, -0.05) is 33.1 Å². The molecule has 0 aliphatic heterocycles. The Kier molecular flexibility index (Phi) is 5.27. The van der Waals surface area contributed by atoms with E-state index >= 15 is 0 Å². The van der Waals surface area contributed by atoms with E-state index in [1.54, 1.807) is 0 Å². The zero-order valence-corrected chi connectivity index (χ0v) is 14.4. The molecule has 0 spiro atoms. The van der Waals surface area contributed by atoms with Crippen molar-refractivity contribution >= 4 is 0 Å². The van der Waals surface area contributed by atoms with Crippen molar-refractivity contribution in [1.29, 1.82) is 0 Å². The lowest BCUT2D eigenvalue weighted by Gasteiger charge is -2.42. The molecule has 0 aromatic carbocycles. The van der Waals surface area contributed by atoms with Crippen LogP contribution in [0.4, 0.5) is 0 Å². The van der Waals surface area contributed by atoms with Gasteiger partial charge < -0.3 is 5.32 Å². The summed E-state index contributed by atoms with van der Waals surface area (Å²) in [5.41, 5.74) is 0.598. The van der Waals surface area contributed by atoms with Crippen LogP contribution in [-0.4, -0.2) is 36.6 Å². The molecule has 0 unspecified atom stereocenters. The fourth-order valence-corrected chi connectivity index (χ4v) is 4.03. The molecule has 3 fully saturated rings. The van der Waals surface area contributed by atoms with Gasteiger partial charge in [0.05, 0.1) is 0 Å². The lowest BCUT2D eigenvalue weighted by Crippen LogP contribution is -2.47. The molecule has 2 nitrogen and oxygen atoms in total. The highest BCUT2D eigenvalue weighted by Crippen LogP contribution is 2.40. The van der Waals surface area contributed by atoms with Crippen LogP contribution < -0.4 is 5.32 Å². The lowest BCUT2D eigenvalue weighted by atomic mass is 9.73. The van der Waals surface area contributed by atoms with Crippen molar-refractivity contribution in [3.8, 4) is 0 Å². The maximum absolute atomic E-state index is 3.87. The van der Waals surface area contributed by atoms with Crippen molar-refractivity contribution < 1.29 is 0 Å². The van der Waals surface area contributed by atoms with Crippen LogP contribution in [0.5, 0.6) is 0 Å². The molecule has 3 rings (SSSR count). The Hall–Kier alpha value is -0.0800. The van der Waals surface area contributed by atoms with Gasteiger partial charge in [0.15, 0.2) is 0 Å². The van der Waals surface area contributed by atoms with E-state index in [0.717, 1.165) is 18.0 Å². The summed E-state index contributed by atoms with van der Waals surface area (Å²) in [6.45, 7) is 8.76. The quantitative estimate of drug-likeness (QED) is 0.685. The zero-order chi connectivity index (χ0) is 14.7. The van der Waals surface area contributed by atoms with Gasteiger partial charge >= 0.3 is 0 Å². The van der Waals surface area contributed by atoms with Crippen LogP contribution in [0.2, 0.25) is 0 Å². The van der Waals surface area contributed by atoms with Gasteiger partial charge in [-0.05, 0) is 62.8 Å². The first-order valence-corrected chi connectivity index (χ1v) is 9.64. The van der Waals surface area contributed by atoms with Crippen LogP contribution in [-0.2, 0) is 0 Å². The summed E-state index contributed by atoms with van der Waals surface area (Å²) in [5.74, 6) is 0.846. The van der Waals surface area contributed by atoms with Crippen molar-refractivity contribution in [2.24, 2.45) is 11.3 Å². The van der Waals surface area contributed by atoms with E-state index in [0.29, 0.717) is 5.41 Å². The second kappa shape index (κ2) is 7.00. The van der Waals surface area contributed by atoms with Gasteiger partial charge in [-0.2, -0.15) is 0 Å². The number of hydrogen-bond donors (Lipinski definition) is 1. The summed E-state index contributed by atoms with van der Waals surface area (Å²) in [6.07, 6.45) is 14.5. The van der Waals surface area contributed by atoms with Gasteiger partial charge in [-0.25, -0.2) is 0 Å². The molecule has 0 aromatic rings. The summed E-state index contributed by atoms with van der Waals surface area (Å²) in [5, 5.41) is 3.87. The first-order chi connectivity index (χ1) is 10.2. The first kappa shape index (κ1) is 15.8. The van der Waals surface area contributed by atoms with E-state index in [1.807, 2.05) is 0 Å². The lowest BCUT2D eigenvalue weighted by molar-refractivity contribution is 0.0935. The molecule has 0 aromatic heterocycles. The van der Waals surface area contributed by atoms with Crippen molar-refractivity contribution in [1.82, 2.24) is 10.2 Å². The molecule has 0 heterocycles. The predicted octanol–water partition coefficient (Wildman–Crippen LogP) is 4.20. The average molecular weight is 293 g/mol. The molecule has 3 saturated carbocycles. The number of nitrogens with zero attached hydrogens (tertiary/aromatic N) is 1. The maximum atomic E-state index is 3.87. The van der Waals surface area contributed by atoms with Crippen LogP contribution in [0.1, 0.15) is 78.1 Å². The highest BCUT2D eigenvalue weighted by molar-refractivity contribution is 4.94. The van der Waals surface area contributed by atoms with E-state index in [9.17, 15) is 0 Å². The van der Waals surface area contributed by atoms with Crippen molar-refractivity contribution in [3.05, 3.63) is 0 Å². The molecule has 0 radical (unpaired) electrons. The van der Waals surface area contributed by atoms with E-state index in [-0.39, 0.29) is 0 Å². The van der Waals surface area contributed by atoms with E-state index in [1.165, 1.54) is 83.8 Å². The third-order valence-corrected chi connectivity index (χ3v) is 5.85. The molecule has 21 heavy (non-hydrogen) atoms. The molecule has 0 bridgehead atoms. The van der Waals surface area contributed by atoms with Gasteiger partial charge in [0.2, 0.25) is 0 Å². The summed E-state index contributed by atoms with van der Waals surface area (Å²) in [4.78, 5) is 2.87. The highest BCUT2D eigenvalue weighted by atomic mass is 15.2. The smallest absolute Gasteiger partial charge is 0.00966 e. The van der Waals surface area contributed by atoms with E-state index in [2.05, 4.69) is 24.1 Å². The van der Waals surface area contributed by atoms with Crippen molar-refractivity contribution in [2.45, 2.75) is 90.1 Å². The van der Waals surface area contributed by atoms with Gasteiger partial charge in [0.25, 0.3) is 0 Å². The fraction of sp³-hybridized carbons (Fsp3) is 1.00. The maximum Gasteiger partial charge on any atom is 0.00966 e. The summed E-state index contributed by atoms with van der Waals surface area (Å²) >= 11 is 0. The predicted molar refractivity (Wildman–Crippen MR) is 90.6 cm³/mol. The monoisotopic (exact) mass is 292 g/mol. The zero-order valence-electron chi connectivity index (χ0n) is 14.4. The molecule has 0 saturated heterocycles. The van der Waals surface area contributed by atoms with Crippen LogP contribution in [0.25, 0.3) is 0 Å². The Bertz CT molecular complexity index is 312. The minimum Gasteiger partial charge on any atom is -0.313 e. The largest absolute Gasteiger partial charge is 0.313 e. The molecule has 3 aliphatic carbocycles. The third-order valence-electron chi connectivity index (χ3n) is 5.85. The summed E-state index contributed by atoms with van der Waals surface area (Å²) in [6, 6.07) is 1.80. The Morgan fingerprint density at radius 2 is 1.76 bits per heavy atom. The van der Waals surface area contributed by atoms with E-state index in [4.69, 9.17) is 0 Å². The Balaban J connectivity index is 1.57. The van der Waals surface area contributed by atoms with Crippen molar-refractivity contribution in [2.75, 3.05) is 19.6 Å². The van der Waals surface area contributed by atoms with Gasteiger partial charge in [-0.3, -0.25) is 4.90 Å². The third kappa shape index (κ3) is 4.96. The molecule has 0 atom stereocenters. The van der Waals surface area contributed by atoms with Gasteiger partial charge in [-0.15, -0.1) is 0 Å². The minimum atomic E-state index is 0.598. The molecular weight excluding hydrogens is 256 g/mol. The van der Waals surface area contributed by atoms with Crippen LogP contribution in [0, 0.1) is 11.3 Å². The topological polar surface area (TPSA) is 15.3 Å². The first-order valence-electron chi connectivity index (χ1n) is 9.64. The Morgan fingerprint density at radius 1 is 1.05 bits per heavy atom. The van der Waals surface area contributed by atoms with E-state index < -0.39 is 0 Å². The molecule has 3 aliphatic rings. The second-order valence-corrected chi connectivity index (χ2v) is 8.60. The normalized spacial score (nSPS) is 25.7. The second-order valence-electron chi connectivity index (χ2n) is 8.60. The molecule has 2 heteroatoms. The highest BCUT2D eigenvalue weighted by Gasteiger charge is 2.39. The number of hydrogen-bond acceptors (Lipinski definition) is 2. The summed E-state index contributed by atoms with van der Waals surface area (Å²) in [7, 11) is 0. The fourth-order valence-electron chi connectivity index (χ4n) is 4.03. The number of nitrogens with one attached hydrogen (secondary N) is 1. The summed E-state index contributed by atoms with van der Waals surface area (Å²) < 4.78 is 0. The van der Waals surface area contributed by atoms with Crippen LogP contribution >= 0.6 is 0 Å². The minimum absolute atomic E-state index is 0.598. The Morgan fingerprint density at radius 3 is 2.33 bits per heavy atom.